The number of carbonyl (C=O) groups is 1. The number of hydrogen-bond acceptors (Lipinski definition) is 6. The van der Waals surface area contributed by atoms with Gasteiger partial charge < -0.3 is 10.6 Å². The summed E-state index contributed by atoms with van der Waals surface area (Å²) in [5.74, 6) is 1.04. The molecule has 0 saturated carbocycles. The van der Waals surface area contributed by atoms with Crippen molar-refractivity contribution in [2.45, 2.75) is 27.2 Å². The first-order valence-corrected chi connectivity index (χ1v) is 8.50. The van der Waals surface area contributed by atoms with Crippen LogP contribution in [0.15, 0.2) is 48.7 Å². The van der Waals surface area contributed by atoms with Crippen molar-refractivity contribution in [2.75, 3.05) is 10.6 Å². The average Bonchev–Trinajstić information content (AvgIpc) is 2.64. The smallest absolute Gasteiger partial charge is 0.249 e. The zero-order valence-corrected chi connectivity index (χ0v) is 15.1. The molecule has 0 aliphatic heterocycles. The van der Waals surface area contributed by atoms with Crippen LogP contribution >= 0.6 is 0 Å². The van der Waals surface area contributed by atoms with E-state index in [0.29, 0.717) is 17.3 Å². The minimum Gasteiger partial charge on any atom is -0.339 e. The number of rotatable bonds is 6. The first-order chi connectivity index (χ1) is 12.6. The molecule has 0 fully saturated rings. The number of para-hydroxylation sites is 1. The van der Waals surface area contributed by atoms with E-state index in [2.05, 4.69) is 38.8 Å². The van der Waals surface area contributed by atoms with Crippen molar-refractivity contribution in [3.8, 4) is 0 Å². The Labute approximate surface area is 152 Å². The van der Waals surface area contributed by atoms with Gasteiger partial charge in [-0.3, -0.25) is 4.79 Å². The Kier molecular flexibility index (Phi) is 5.22. The number of aromatic nitrogens is 3. The molecule has 0 aliphatic rings. The van der Waals surface area contributed by atoms with Gasteiger partial charge in [-0.25, -0.2) is 0 Å². The van der Waals surface area contributed by atoms with Crippen LogP contribution < -0.4 is 10.6 Å². The number of anilines is 4. The highest BCUT2D eigenvalue weighted by molar-refractivity contribution is 5.94. The lowest BCUT2D eigenvalue weighted by Crippen LogP contribution is -2.05. The van der Waals surface area contributed by atoms with Crippen LogP contribution in [-0.2, 0) is 6.42 Å². The zero-order valence-electron chi connectivity index (χ0n) is 15.1. The second kappa shape index (κ2) is 7.74. The van der Waals surface area contributed by atoms with E-state index in [1.807, 2.05) is 31.2 Å². The predicted octanol–water partition coefficient (Wildman–Crippen LogP) is 4.43. The van der Waals surface area contributed by atoms with E-state index in [4.69, 9.17) is 0 Å². The van der Waals surface area contributed by atoms with E-state index in [0.717, 1.165) is 23.4 Å². The molecule has 0 saturated heterocycles. The first-order valence-electron chi connectivity index (χ1n) is 8.50. The molecule has 0 atom stereocenters. The summed E-state index contributed by atoms with van der Waals surface area (Å²) in [4.78, 5) is 15.8. The molecule has 0 amide bonds. The number of ketones is 1. The fourth-order valence-electron chi connectivity index (χ4n) is 2.67. The van der Waals surface area contributed by atoms with Crippen LogP contribution in [0.2, 0.25) is 0 Å². The first kappa shape index (κ1) is 17.5. The van der Waals surface area contributed by atoms with Crippen molar-refractivity contribution in [1.29, 1.82) is 0 Å². The molecule has 2 N–H and O–H groups in total. The van der Waals surface area contributed by atoms with Crippen molar-refractivity contribution in [3.63, 3.8) is 0 Å². The van der Waals surface area contributed by atoms with E-state index in [9.17, 15) is 4.79 Å². The Hall–Kier alpha value is -3.28. The third-order valence-corrected chi connectivity index (χ3v) is 4.10. The number of nitrogens with one attached hydrogen (secondary N) is 2. The fourth-order valence-corrected chi connectivity index (χ4v) is 2.67. The van der Waals surface area contributed by atoms with E-state index in [-0.39, 0.29) is 5.78 Å². The van der Waals surface area contributed by atoms with E-state index in [1.165, 1.54) is 5.56 Å². The molecule has 3 aromatic rings. The highest BCUT2D eigenvalue weighted by Crippen LogP contribution is 2.24. The number of Topliss-reactive ketones (excluding diaryl/α,β-unsaturated/α-hetero) is 1. The van der Waals surface area contributed by atoms with Crippen molar-refractivity contribution in [3.05, 3.63) is 65.4 Å². The summed E-state index contributed by atoms with van der Waals surface area (Å²) < 4.78 is 0. The van der Waals surface area contributed by atoms with Gasteiger partial charge in [-0.1, -0.05) is 25.1 Å². The van der Waals surface area contributed by atoms with Crippen molar-refractivity contribution in [2.24, 2.45) is 0 Å². The highest BCUT2D eigenvalue weighted by atomic mass is 16.1. The predicted molar refractivity (Wildman–Crippen MR) is 103 cm³/mol. The topological polar surface area (TPSA) is 79.8 Å². The van der Waals surface area contributed by atoms with Crippen LogP contribution in [0, 0.1) is 6.92 Å². The van der Waals surface area contributed by atoms with Gasteiger partial charge in [0.25, 0.3) is 0 Å². The number of nitrogens with zero attached hydrogens (tertiary/aromatic N) is 3. The van der Waals surface area contributed by atoms with Gasteiger partial charge in [-0.2, -0.15) is 10.1 Å². The second-order valence-electron chi connectivity index (χ2n) is 6.01. The molecule has 3 rings (SSSR count). The molecule has 2 aromatic carbocycles. The lowest BCUT2D eigenvalue weighted by atomic mass is 10.1. The Morgan fingerprint density at radius 2 is 1.85 bits per heavy atom. The molecule has 132 valence electrons. The van der Waals surface area contributed by atoms with Crippen molar-refractivity contribution < 1.29 is 4.79 Å². The summed E-state index contributed by atoms with van der Waals surface area (Å²) >= 11 is 0. The van der Waals surface area contributed by atoms with Crippen LogP contribution in [0.3, 0.4) is 0 Å². The van der Waals surface area contributed by atoms with Crippen LogP contribution in [0.1, 0.15) is 35.3 Å². The van der Waals surface area contributed by atoms with E-state index < -0.39 is 0 Å². The van der Waals surface area contributed by atoms with Gasteiger partial charge in [0.2, 0.25) is 5.95 Å². The molecule has 0 bridgehead atoms. The third kappa shape index (κ3) is 4.03. The molecule has 0 unspecified atom stereocenters. The summed E-state index contributed by atoms with van der Waals surface area (Å²) in [6, 6.07) is 13.4. The Morgan fingerprint density at radius 1 is 1.08 bits per heavy atom. The fraction of sp³-hybridized carbons (Fsp3) is 0.200. The maximum absolute atomic E-state index is 11.4. The van der Waals surface area contributed by atoms with E-state index in [1.54, 1.807) is 25.3 Å². The van der Waals surface area contributed by atoms with Gasteiger partial charge in [-0.15, -0.1) is 5.10 Å². The minimum atomic E-state index is 0.0386. The van der Waals surface area contributed by atoms with Crippen molar-refractivity contribution in [1.82, 2.24) is 15.2 Å². The molecule has 0 aliphatic carbocycles. The SMILES string of the molecule is CCc1cccc(C)c1Nc1nncc(Nc2ccc(C(C)=O)cc2)n1. The summed E-state index contributed by atoms with van der Waals surface area (Å²) in [6.07, 6.45) is 2.47. The molecule has 0 spiro atoms. The van der Waals surface area contributed by atoms with Gasteiger partial charge in [0.05, 0.1) is 6.20 Å². The molecule has 26 heavy (non-hydrogen) atoms. The maximum Gasteiger partial charge on any atom is 0.249 e. The normalized spacial score (nSPS) is 10.4. The number of benzene rings is 2. The average molecular weight is 347 g/mol. The number of aryl methyl sites for hydroxylation is 2. The standard InChI is InChI=1S/C20H21N5O/c1-4-15-7-5-6-13(2)19(15)24-20-23-18(12-21-25-20)22-17-10-8-16(9-11-17)14(3)26/h5-12H,4H2,1-3H3,(H2,22,23,24,25). The largest absolute Gasteiger partial charge is 0.339 e. The second-order valence-corrected chi connectivity index (χ2v) is 6.01. The molecule has 1 aromatic heterocycles. The molecular formula is C20H21N5O. The zero-order chi connectivity index (χ0) is 18.5. The monoisotopic (exact) mass is 347 g/mol. The Bertz CT molecular complexity index is 922. The maximum atomic E-state index is 11.4. The van der Waals surface area contributed by atoms with Crippen LogP contribution in [0.4, 0.5) is 23.1 Å². The number of carbonyl (C=O) groups excluding carboxylic acids is 1. The summed E-state index contributed by atoms with van der Waals surface area (Å²) in [7, 11) is 0. The van der Waals surface area contributed by atoms with Crippen molar-refractivity contribution >= 4 is 28.9 Å². The molecule has 6 heteroatoms. The molecular weight excluding hydrogens is 326 g/mol. The van der Waals surface area contributed by atoms with Gasteiger partial charge in [-0.05, 0) is 55.7 Å². The quantitative estimate of drug-likeness (QED) is 0.642. The molecule has 1 heterocycles. The summed E-state index contributed by atoms with van der Waals surface area (Å²) in [5.41, 5.74) is 4.84. The van der Waals surface area contributed by atoms with Crippen LogP contribution in [0.25, 0.3) is 0 Å². The molecule has 6 nitrogen and oxygen atoms in total. The Morgan fingerprint density at radius 3 is 2.54 bits per heavy atom. The van der Waals surface area contributed by atoms with Gasteiger partial charge in [0, 0.05) is 16.9 Å². The lowest BCUT2D eigenvalue weighted by Gasteiger charge is -2.13. The number of hydrogen-bond donors (Lipinski definition) is 2. The van der Waals surface area contributed by atoms with Gasteiger partial charge >= 0.3 is 0 Å². The minimum absolute atomic E-state index is 0.0386. The highest BCUT2D eigenvalue weighted by Gasteiger charge is 2.08. The lowest BCUT2D eigenvalue weighted by molar-refractivity contribution is 0.101. The summed E-state index contributed by atoms with van der Waals surface area (Å²) in [5, 5.41) is 14.5. The van der Waals surface area contributed by atoms with Crippen LogP contribution in [-0.4, -0.2) is 21.0 Å². The van der Waals surface area contributed by atoms with E-state index >= 15 is 0 Å². The third-order valence-electron chi connectivity index (χ3n) is 4.10. The van der Waals surface area contributed by atoms with Gasteiger partial charge in [0.1, 0.15) is 0 Å². The Balaban J connectivity index is 1.79. The molecule has 0 radical (unpaired) electrons. The van der Waals surface area contributed by atoms with Crippen LogP contribution in [0.5, 0.6) is 0 Å². The summed E-state index contributed by atoms with van der Waals surface area (Å²) in [6.45, 7) is 5.71. The van der Waals surface area contributed by atoms with Gasteiger partial charge in [0.15, 0.2) is 11.6 Å².